The van der Waals surface area contributed by atoms with E-state index in [1.807, 2.05) is 24.3 Å². The largest absolute Gasteiger partial charge is 0.493 e. The number of fused-ring (bicyclic) bond motifs is 1. The summed E-state index contributed by atoms with van der Waals surface area (Å²) in [5.41, 5.74) is 1.73. The van der Waals surface area contributed by atoms with Crippen molar-refractivity contribution in [2.24, 2.45) is 0 Å². The maximum Gasteiger partial charge on any atom is 0.224 e. The molecule has 26 heavy (non-hydrogen) atoms. The molecule has 3 rings (SSSR count). The zero-order chi connectivity index (χ0) is 18.5. The molecule has 3 aromatic rings. The Labute approximate surface area is 155 Å². The number of benzene rings is 2. The van der Waals surface area contributed by atoms with Gasteiger partial charge in [-0.2, -0.15) is 0 Å². The quantitative estimate of drug-likeness (QED) is 0.690. The molecule has 0 aliphatic carbocycles. The van der Waals surface area contributed by atoms with Crippen LogP contribution >= 0.6 is 11.3 Å². The van der Waals surface area contributed by atoms with Gasteiger partial charge in [-0.15, -0.1) is 11.3 Å². The Hall–Kier alpha value is -2.80. The lowest BCUT2D eigenvalue weighted by Gasteiger charge is -2.14. The highest BCUT2D eigenvalue weighted by Gasteiger charge is 2.15. The minimum atomic E-state index is -0.0986. The molecule has 0 radical (unpaired) electrons. The highest BCUT2D eigenvalue weighted by molar-refractivity contribution is 7.18. The van der Waals surface area contributed by atoms with Crippen LogP contribution in [0.1, 0.15) is 10.6 Å². The lowest BCUT2D eigenvalue weighted by Crippen LogP contribution is -2.24. The predicted molar refractivity (Wildman–Crippen MR) is 101 cm³/mol. The number of thiazole rings is 1. The van der Waals surface area contributed by atoms with Crippen LogP contribution in [-0.2, 0) is 17.8 Å². The summed E-state index contributed by atoms with van der Waals surface area (Å²) in [5.74, 6) is 1.47. The first kappa shape index (κ1) is 18.0. The summed E-state index contributed by atoms with van der Waals surface area (Å²) in [5, 5.41) is 3.79. The van der Waals surface area contributed by atoms with Crippen LogP contribution in [0, 0.1) is 0 Å². The Kier molecular flexibility index (Phi) is 5.58. The van der Waals surface area contributed by atoms with Gasteiger partial charge in [0, 0.05) is 0 Å². The highest BCUT2D eigenvalue weighted by atomic mass is 32.1. The molecule has 0 fully saturated rings. The van der Waals surface area contributed by atoms with Crippen molar-refractivity contribution in [3.8, 4) is 17.2 Å². The van der Waals surface area contributed by atoms with Crippen LogP contribution in [0.2, 0.25) is 0 Å². The second-order valence-electron chi connectivity index (χ2n) is 5.56. The molecule has 0 aliphatic rings. The molecule has 1 heterocycles. The van der Waals surface area contributed by atoms with Crippen molar-refractivity contribution in [3.05, 3.63) is 47.0 Å². The van der Waals surface area contributed by atoms with Gasteiger partial charge in [0.1, 0.15) is 5.01 Å². The number of nitrogens with one attached hydrogen (secondary N) is 1. The molecule has 0 saturated carbocycles. The Balaban J connectivity index is 1.67. The van der Waals surface area contributed by atoms with E-state index in [4.69, 9.17) is 14.2 Å². The third-order valence-corrected chi connectivity index (χ3v) is 4.90. The van der Waals surface area contributed by atoms with Gasteiger partial charge in [0.25, 0.3) is 0 Å². The topological polar surface area (TPSA) is 69.7 Å². The predicted octanol–water partition coefficient (Wildman–Crippen LogP) is 3.18. The fraction of sp³-hybridized carbons (Fsp3) is 0.263. The molecule has 0 unspecified atom stereocenters. The van der Waals surface area contributed by atoms with Crippen LogP contribution in [0.5, 0.6) is 17.2 Å². The van der Waals surface area contributed by atoms with Crippen LogP contribution in [0.4, 0.5) is 0 Å². The van der Waals surface area contributed by atoms with Gasteiger partial charge in [0.05, 0.1) is 44.5 Å². The summed E-state index contributed by atoms with van der Waals surface area (Å²) >= 11 is 1.58. The number of ether oxygens (including phenoxy) is 3. The van der Waals surface area contributed by atoms with E-state index in [-0.39, 0.29) is 12.3 Å². The van der Waals surface area contributed by atoms with Gasteiger partial charge in [0.15, 0.2) is 11.5 Å². The third kappa shape index (κ3) is 3.88. The maximum atomic E-state index is 12.3. The van der Waals surface area contributed by atoms with Gasteiger partial charge < -0.3 is 19.5 Å². The number of methoxy groups -OCH3 is 3. The normalized spacial score (nSPS) is 10.6. The number of hydrogen-bond acceptors (Lipinski definition) is 6. The highest BCUT2D eigenvalue weighted by Crippen LogP contribution is 2.38. The molecule has 0 bridgehead atoms. The Morgan fingerprint density at radius 1 is 1.08 bits per heavy atom. The SMILES string of the molecule is COc1cc(CC(=O)NCc2nc3ccccc3s2)cc(OC)c1OC. The van der Waals surface area contributed by atoms with Gasteiger partial charge in [-0.05, 0) is 29.8 Å². The van der Waals surface area contributed by atoms with E-state index in [2.05, 4.69) is 10.3 Å². The zero-order valence-electron chi connectivity index (χ0n) is 14.9. The summed E-state index contributed by atoms with van der Waals surface area (Å²) in [6.07, 6.45) is 0.210. The summed E-state index contributed by atoms with van der Waals surface area (Å²) in [7, 11) is 4.65. The van der Waals surface area contributed by atoms with Gasteiger partial charge in [-0.3, -0.25) is 4.79 Å². The number of rotatable bonds is 7. The summed E-state index contributed by atoms with van der Waals surface area (Å²) in [6, 6.07) is 11.5. The first-order valence-electron chi connectivity index (χ1n) is 8.04. The molecule has 1 aromatic heterocycles. The van der Waals surface area contributed by atoms with Gasteiger partial charge >= 0.3 is 0 Å². The molecular formula is C19H20N2O4S. The molecule has 0 saturated heterocycles. The Bertz CT molecular complexity index is 865. The number of para-hydroxylation sites is 1. The molecular weight excluding hydrogens is 352 g/mol. The van der Waals surface area contributed by atoms with Gasteiger partial charge in [0.2, 0.25) is 11.7 Å². The van der Waals surface area contributed by atoms with E-state index in [9.17, 15) is 4.79 Å². The lowest BCUT2D eigenvalue weighted by molar-refractivity contribution is -0.120. The van der Waals surface area contributed by atoms with Crippen LogP contribution in [-0.4, -0.2) is 32.2 Å². The average molecular weight is 372 g/mol. The average Bonchev–Trinajstić information content (AvgIpc) is 3.08. The molecule has 6 nitrogen and oxygen atoms in total. The van der Waals surface area contributed by atoms with Crippen molar-refractivity contribution in [2.45, 2.75) is 13.0 Å². The molecule has 0 spiro atoms. The standard InChI is InChI=1S/C19H20N2O4S/c1-23-14-8-12(9-15(24-2)19(14)25-3)10-17(22)20-11-18-21-13-6-4-5-7-16(13)26-18/h4-9H,10-11H2,1-3H3,(H,20,22). The van der Waals surface area contributed by atoms with E-state index in [0.29, 0.717) is 23.8 Å². The Morgan fingerprint density at radius 3 is 2.38 bits per heavy atom. The number of amides is 1. The van der Waals surface area contributed by atoms with Crippen LogP contribution < -0.4 is 19.5 Å². The van der Waals surface area contributed by atoms with Crippen molar-refractivity contribution in [2.75, 3.05) is 21.3 Å². The van der Waals surface area contributed by atoms with E-state index < -0.39 is 0 Å². The number of nitrogens with zero attached hydrogens (tertiary/aromatic N) is 1. The van der Waals surface area contributed by atoms with Crippen molar-refractivity contribution in [3.63, 3.8) is 0 Å². The number of aromatic nitrogens is 1. The van der Waals surface area contributed by atoms with Gasteiger partial charge in [-0.1, -0.05) is 12.1 Å². The van der Waals surface area contributed by atoms with E-state index in [0.717, 1.165) is 20.8 Å². The van der Waals surface area contributed by atoms with Crippen molar-refractivity contribution < 1.29 is 19.0 Å². The molecule has 0 aliphatic heterocycles. The maximum absolute atomic E-state index is 12.3. The van der Waals surface area contributed by atoms with Crippen LogP contribution in [0.3, 0.4) is 0 Å². The molecule has 136 valence electrons. The first-order chi connectivity index (χ1) is 12.6. The van der Waals surface area contributed by atoms with Crippen molar-refractivity contribution >= 4 is 27.5 Å². The molecule has 1 N–H and O–H groups in total. The minimum Gasteiger partial charge on any atom is -0.493 e. The van der Waals surface area contributed by atoms with Crippen molar-refractivity contribution in [1.82, 2.24) is 10.3 Å². The fourth-order valence-electron chi connectivity index (χ4n) is 2.66. The lowest BCUT2D eigenvalue weighted by atomic mass is 10.1. The van der Waals surface area contributed by atoms with E-state index in [1.165, 1.54) is 0 Å². The molecule has 0 atom stereocenters. The molecule has 2 aromatic carbocycles. The summed E-state index contributed by atoms with van der Waals surface area (Å²) in [6.45, 7) is 0.405. The number of carbonyl (C=O) groups excluding carboxylic acids is 1. The molecule has 7 heteroatoms. The fourth-order valence-corrected chi connectivity index (χ4v) is 3.56. The van der Waals surface area contributed by atoms with E-state index >= 15 is 0 Å². The summed E-state index contributed by atoms with van der Waals surface area (Å²) in [4.78, 5) is 16.8. The second-order valence-corrected chi connectivity index (χ2v) is 6.68. The smallest absolute Gasteiger partial charge is 0.224 e. The third-order valence-electron chi connectivity index (χ3n) is 3.86. The summed E-state index contributed by atoms with van der Waals surface area (Å²) < 4.78 is 17.0. The first-order valence-corrected chi connectivity index (χ1v) is 8.86. The van der Waals surface area contributed by atoms with Gasteiger partial charge in [-0.25, -0.2) is 4.98 Å². The van der Waals surface area contributed by atoms with E-state index in [1.54, 1.807) is 44.8 Å². The molecule has 1 amide bonds. The monoisotopic (exact) mass is 372 g/mol. The van der Waals surface area contributed by atoms with Crippen LogP contribution in [0.25, 0.3) is 10.2 Å². The van der Waals surface area contributed by atoms with Crippen molar-refractivity contribution in [1.29, 1.82) is 0 Å². The zero-order valence-corrected chi connectivity index (χ0v) is 15.7. The number of carbonyl (C=O) groups is 1. The second kappa shape index (κ2) is 8.05. The number of hydrogen-bond donors (Lipinski definition) is 1. The Morgan fingerprint density at radius 2 is 1.77 bits per heavy atom. The minimum absolute atomic E-state index is 0.0986. The van der Waals surface area contributed by atoms with Crippen LogP contribution in [0.15, 0.2) is 36.4 Å².